The zero-order chi connectivity index (χ0) is 13.0. The molecule has 18 heavy (non-hydrogen) atoms. The molecule has 2 unspecified atom stereocenters. The molecule has 0 aromatic carbocycles. The van der Waals surface area contributed by atoms with E-state index in [-0.39, 0.29) is 11.5 Å². The van der Waals surface area contributed by atoms with E-state index < -0.39 is 18.6 Å². The minimum atomic E-state index is -1.28. The molecule has 2 aliphatic heterocycles. The highest BCUT2D eigenvalue weighted by molar-refractivity contribution is 6.40. The van der Waals surface area contributed by atoms with Crippen molar-refractivity contribution < 1.29 is 19.9 Å². The van der Waals surface area contributed by atoms with E-state index in [9.17, 15) is 9.90 Å². The van der Waals surface area contributed by atoms with E-state index in [1.165, 1.54) is 0 Å². The van der Waals surface area contributed by atoms with Gasteiger partial charge in [0.25, 0.3) is 0 Å². The summed E-state index contributed by atoms with van der Waals surface area (Å²) in [5, 5.41) is 33.8. The van der Waals surface area contributed by atoms with Crippen LogP contribution in [-0.4, -0.2) is 52.4 Å². The molecule has 7 heteroatoms. The fourth-order valence-corrected chi connectivity index (χ4v) is 4.26. The number of carbonyl (C=O) groups is 1. The third kappa shape index (κ3) is 1.42. The Labute approximate surface area is 106 Å². The van der Waals surface area contributed by atoms with Crippen molar-refractivity contribution in [2.75, 3.05) is 13.1 Å². The van der Waals surface area contributed by atoms with Crippen LogP contribution in [0.1, 0.15) is 19.3 Å². The van der Waals surface area contributed by atoms with Crippen molar-refractivity contribution >= 4 is 13.1 Å². The average molecular weight is 254 g/mol. The minimum Gasteiger partial charge on any atom is -0.480 e. The lowest BCUT2D eigenvalue weighted by atomic mass is 9.79. The number of aliphatic carboxylic acids is 1. The first kappa shape index (κ1) is 12.4. The average Bonchev–Trinajstić information content (AvgIpc) is 2.66. The van der Waals surface area contributed by atoms with Crippen LogP contribution in [0.15, 0.2) is 0 Å². The number of hydrogen-bond donors (Lipinski definition) is 5. The highest BCUT2D eigenvalue weighted by Gasteiger charge is 2.82. The molecule has 2 heterocycles. The fourth-order valence-electron chi connectivity index (χ4n) is 4.26. The van der Waals surface area contributed by atoms with Crippen molar-refractivity contribution in [3.8, 4) is 0 Å². The van der Waals surface area contributed by atoms with Gasteiger partial charge in [0.1, 0.15) is 5.54 Å². The van der Waals surface area contributed by atoms with E-state index >= 15 is 0 Å². The third-order valence-electron chi connectivity index (χ3n) is 5.09. The smallest absolute Gasteiger partial charge is 0.451 e. The summed E-state index contributed by atoms with van der Waals surface area (Å²) in [6.07, 6.45) is 2.65. The Morgan fingerprint density at radius 2 is 2.22 bits per heavy atom. The lowest BCUT2D eigenvalue weighted by molar-refractivity contribution is -0.141. The molecule has 0 bridgehead atoms. The maximum absolute atomic E-state index is 11.6. The van der Waals surface area contributed by atoms with Crippen LogP contribution in [0.25, 0.3) is 0 Å². The van der Waals surface area contributed by atoms with Crippen LogP contribution in [0.4, 0.5) is 0 Å². The van der Waals surface area contributed by atoms with Crippen LogP contribution in [0.2, 0.25) is 6.32 Å². The summed E-state index contributed by atoms with van der Waals surface area (Å²) in [5.41, 5.74) is -0.997. The minimum absolute atomic E-state index is 0.112. The zero-order valence-corrected chi connectivity index (χ0v) is 10.2. The molecule has 1 aliphatic carbocycles. The Morgan fingerprint density at radius 1 is 1.44 bits per heavy atom. The van der Waals surface area contributed by atoms with Gasteiger partial charge in [0, 0.05) is 6.54 Å². The van der Waals surface area contributed by atoms with Crippen LogP contribution in [0.5, 0.6) is 0 Å². The van der Waals surface area contributed by atoms with E-state index in [1.54, 1.807) is 0 Å². The largest absolute Gasteiger partial charge is 0.480 e. The van der Waals surface area contributed by atoms with Crippen molar-refractivity contribution in [3.63, 3.8) is 0 Å². The molecule has 0 aromatic heterocycles. The monoisotopic (exact) mass is 254 g/mol. The van der Waals surface area contributed by atoms with E-state index in [0.29, 0.717) is 18.7 Å². The molecule has 3 aliphatic rings. The van der Waals surface area contributed by atoms with E-state index in [0.717, 1.165) is 25.9 Å². The highest BCUT2D eigenvalue weighted by Crippen LogP contribution is 2.61. The molecular formula is C11H19BN2O4. The van der Waals surface area contributed by atoms with E-state index in [1.807, 2.05) is 0 Å². The quantitative estimate of drug-likeness (QED) is 0.306. The SMILES string of the molecule is O=C(O)C12N[C@]13CNC[C@@H]3CC2CCCB(O)O. The lowest BCUT2D eigenvalue weighted by Crippen LogP contribution is -2.38. The predicted molar refractivity (Wildman–Crippen MR) is 64.9 cm³/mol. The molecule has 1 saturated carbocycles. The van der Waals surface area contributed by atoms with Gasteiger partial charge in [-0.25, -0.2) is 0 Å². The molecular weight excluding hydrogens is 235 g/mol. The Bertz CT molecular complexity index is 380. The zero-order valence-electron chi connectivity index (χ0n) is 10.2. The molecule has 0 radical (unpaired) electrons. The van der Waals surface area contributed by atoms with E-state index in [2.05, 4.69) is 10.6 Å². The van der Waals surface area contributed by atoms with Crippen molar-refractivity contribution in [1.82, 2.24) is 10.6 Å². The van der Waals surface area contributed by atoms with Crippen molar-refractivity contribution in [2.24, 2.45) is 11.8 Å². The predicted octanol–water partition coefficient (Wildman–Crippen LogP) is -1.36. The lowest BCUT2D eigenvalue weighted by Gasteiger charge is -2.19. The number of carboxylic acids is 1. The fraction of sp³-hybridized carbons (Fsp3) is 0.909. The first-order valence-electron chi connectivity index (χ1n) is 6.62. The molecule has 2 saturated heterocycles. The highest BCUT2D eigenvalue weighted by atomic mass is 16.4. The molecule has 3 fully saturated rings. The summed E-state index contributed by atoms with van der Waals surface area (Å²) >= 11 is 0. The molecule has 1 spiro atoms. The Balaban J connectivity index is 1.71. The summed E-state index contributed by atoms with van der Waals surface area (Å²) in [5.74, 6) is -0.234. The second-order valence-electron chi connectivity index (χ2n) is 5.88. The first-order chi connectivity index (χ1) is 8.53. The number of carboxylic acid groups (broad SMARTS) is 1. The molecule has 6 nitrogen and oxygen atoms in total. The summed E-state index contributed by atoms with van der Waals surface area (Å²) in [7, 11) is -1.28. The normalized spacial score (nSPS) is 44.6. The summed E-state index contributed by atoms with van der Waals surface area (Å²) in [4.78, 5) is 11.6. The molecule has 0 amide bonds. The Morgan fingerprint density at radius 3 is 2.89 bits per heavy atom. The van der Waals surface area contributed by atoms with Crippen LogP contribution >= 0.6 is 0 Å². The van der Waals surface area contributed by atoms with Crippen molar-refractivity contribution in [2.45, 2.75) is 36.7 Å². The van der Waals surface area contributed by atoms with Crippen LogP contribution < -0.4 is 10.6 Å². The maximum Gasteiger partial charge on any atom is 0.451 e. The second-order valence-corrected chi connectivity index (χ2v) is 5.88. The van der Waals surface area contributed by atoms with Gasteiger partial charge in [0.15, 0.2) is 0 Å². The third-order valence-corrected chi connectivity index (χ3v) is 5.09. The van der Waals surface area contributed by atoms with Gasteiger partial charge in [0.2, 0.25) is 0 Å². The van der Waals surface area contributed by atoms with Crippen LogP contribution in [0, 0.1) is 11.8 Å². The molecule has 3 rings (SSSR count). The van der Waals surface area contributed by atoms with E-state index in [4.69, 9.17) is 10.0 Å². The topological polar surface area (TPSA) is 112 Å². The molecule has 100 valence electrons. The number of piperidine rings is 1. The van der Waals surface area contributed by atoms with Gasteiger partial charge in [-0.3, -0.25) is 10.1 Å². The second kappa shape index (κ2) is 3.93. The van der Waals surface area contributed by atoms with Gasteiger partial charge < -0.3 is 20.5 Å². The van der Waals surface area contributed by atoms with Gasteiger partial charge in [-0.1, -0.05) is 6.42 Å². The molecule has 4 atom stereocenters. The van der Waals surface area contributed by atoms with Crippen molar-refractivity contribution in [3.05, 3.63) is 0 Å². The number of rotatable bonds is 5. The first-order valence-corrected chi connectivity index (χ1v) is 6.62. The molecule has 5 N–H and O–H groups in total. The number of hydrogen-bond acceptors (Lipinski definition) is 5. The maximum atomic E-state index is 11.6. The van der Waals surface area contributed by atoms with Crippen molar-refractivity contribution in [1.29, 1.82) is 0 Å². The number of nitrogens with one attached hydrogen (secondary N) is 2. The van der Waals surface area contributed by atoms with Gasteiger partial charge >= 0.3 is 13.1 Å². The summed E-state index contributed by atoms with van der Waals surface area (Å²) in [6.45, 7) is 1.63. The van der Waals surface area contributed by atoms with Crippen LogP contribution in [0.3, 0.4) is 0 Å². The standard InChI is InChI=1S/C11H19BN2O4/c15-9(16)11-7(2-1-3-12(17)18)4-8-5-13-6-10(8,11)14-11/h7-8,13-14,17-18H,1-6H2,(H,15,16)/t7?,8-,10-,11?/m0/s1. The summed E-state index contributed by atoms with van der Waals surface area (Å²) < 4.78 is 0. The Hall–Kier alpha value is -0.625. The van der Waals surface area contributed by atoms with Gasteiger partial charge in [-0.05, 0) is 37.5 Å². The van der Waals surface area contributed by atoms with Crippen LogP contribution in [-0.2, 0) is 4.79 Å². The summed E-state index contributed by atoms with van der Waals surface area (Å²) in [6, 6.07) is 0. The van der Waals surface area contributed by atoms with Gasteiger partial charge in [-0.2, -0.15) is 0 Å². The van der Waals surface area contributed by atoms with Gasteiger partial charge in [0.05, 0.1) is 5.54 Å². The van der Waals surface area contributed by atoms with Gasteiger partial charge in [-0.15, -0.1) is 0 Å². The molecule has 0 aromatic rings. The Kier molecular flexibility index (Phi) is 2.71.